The SMILES string of the molecule is CC.CNc1cc(N2CCN(C(=O)OC(C)(C)C)CC2)ccc1C(=N)c1ccc(OCc2ccccc2)nc1OCc1ccccc1. The number of rotatable bonds is 10. The number of amides is 1. The van der Waals surface area contributed by atoms with Gasteiger partial charge in [0.05, 0.1) is 11.3 Å². The lowest BCUT2D eigenvalue weighted by Gasteiger charge is -2.37. The molecule has 1 aromatic heterocycles. The Morgan fingerprint density at radius 3 is 1.96 bits per heavy atom. The molecule has 0 unspecified atom stereocenters. The molecule has 1 fully saturated rings. The lowest BCUT2D eigenvalue weighted by atomic mass is 10.0. The smallest absolute Gasteiger partial charge is 0.410 e. The zero-order valence-electron chi connectivity index (χ0n) is 28.4. The Bertz CT molecular complexity index is 1600. The number of carbonyl (C=O) groups is 1. The number of aromatic nitrogens is 1. The van der Waals surface area contributed by atoms with Crippen molar-refractivity contribution in [1.82, 2.24) is 9.88 Å². The van der Waals surface area contributed by atoms with E-state index in [-0.39, 0.29) is 11.8 Å². The predicted octanol–water partition coefficient (Wildman–Crippen LogP) is 7.78. The highest BCUT2D eigenvalue weighted by atomic mass is 16.6. The summed E-state index contributed by atoms with van der Waals surface area (Å²) < 4.78 is 17.7. The van der Waals surface area contributed by atoms with E-state index in [1.807, 2.05) is 127 Å². The van der Waals surface area contributed by atoms with Crippen molar-refractivity contribution in [3.05, 3.63) is 113 Å². The minimum Gasteiger partial charge on any atom is -0.473 e. The number of benzene rings is 3. The summed E-state index contributed by atoms with van der Waals surface area (Å²) in [6, 6.07) is 29.4. The number of piperazine rings is 1. The minimum absolute atomic E-state index is 0.280. The van der Waals surface area contributed by atoms with Crippen LogP contribution in [0.1, 0.15) is 56.9 Å². The van der Waals surface area contributed by atoms with Crippen LogP contribution in [0.3, 0.4) is 0 Å². The average Bonchev–Trinajstić information content (AvgIpc) is 3.10. The maximum Gasteiger partial charge on any atom is 0.410 e. The van der Waals surface area contributed by atoms with Crippen molar-refractivity contribution >= 4 is 23.2 Å². The Morgan fingerprint density at radius 2 is 1.38 bits per heavy atom. The third kappa shape index (κ3) is 9.72. The lowest BCUT2D eigenvalue weighted by Crippen LogP contribution is -2.50. The topological polar surface area (TPSA) is 100 Å². The molecular weight excluding hydrogens is 590 g/mol. The fourth-order valence-electron chi connectivity index (χ4n) is 5.03. The summed E-state index contributed by atoms with van der Waals surface area (Å²) in [6.07, 6.45) is -0.280. The molecular formula is C38H47N5O4. The molecule has 1 aliphatic rings. The van der Waals surface area contributed by atoms with Crippen molar-refractivity contribution in [1.29, 1.82) is 5.41 Å². The Kier molecular flexibility index (Phi) is 12.2. The van der Waals surface area contributed by atoms with Gasteiger partial charge in [-0.05, 0) is 56.2 Å². The first-order valence-corrected chi connectivity index (χ1v) is 16.2. The molecule has 9 heteroatoms. The summed E-state index contributed by atoms with van der Waals surface area (Å²) in [5.74, 6) is 0.756. The Morgan fingerprint density at radius 1 is 0.809 bits per heavy atom. The van der Waals surface area contributed by atoms with Crippen LogP contribution in [0.5, 0.6) is 11.8 Å². The van der Waals surface area contributed by atoms with Crippen molar-refractivity contribution in [3.63, 3.8) is 0 Å². The first kappa shape index (κ1) is 34.8. The molecule has 1 saturated heterocycles. The van der Waals surface area contributed by atoms with E-state index in [4.69, 9.17) is 14.2 Å². The lowest BCUT2D eigenvalue weighted by molar-refractivity contribution is 0.0240. The second kappa shape index (κ2) is 16.5. The highest BCUT2D eigenvalue weighted by Crippen LogP contribution is 2.30. The van der Waals surface area contributed by atoms with Gasteiger partial charge in [-0.2, -0.15) is 4.98 Å². The summed E-state index contributed by atoms with van der Waals surface area (Å²) >= 11 is 0. The maximum atomic E-state index is 12.5. The van der Waals surface area contributed by atoms with Crippen molar-refractivity contribution < 1.29 is 19.0 Å². The molecule has 0 saturated carbocycles. The van der Waals surface area contributed by atoms with Crippen LogP contribution in [0.15, 0.2) is 91.0 Å². The normalized spacial score (nSPS) is 12.8. The second-order valence-corrected chi connectivity index (χ2v) is 11.9. The van der Waals surface area contributed by atoms with E-state index >= 15 is 0 Å². The molecule has 248 valence electrons. The van der Waals surface area contributed by atoms with Crippen LogP contribution in [-0.4, -0.2) is 60.5 Å². The van der Waals surface area contributed by atoms with Crippen molar-refractivity contribution in [2.24, 2.45) is 0 Å². The monoisotopic (exact) mass is 637 g/mol. The van der Waals surface area contributed by atoms with Crippen LogP contribution in [0.25, 0.3) is 0 Å². The van der Waals surface area contributed by atoms with E-state index in [1.165, 1.54) is 0 Å². The van der Waals surface area contributed by atoms with Crippen LogP contribution in [0, 0.1) is 5.41 Å². The van der Waals surface area contributed by atoms with Gasteiger partial charge in [0.25, 0.3) is 0 Å². The molecule has 0 atom stereocenters. The van der Waals surface area contributed by atoms with E-state index in [0.717, 1.165) is 28.1 Å². The molecule has 2 N–H and O–H groups in total. The van der Waals surface area contributed by atoms with Crippen LogP contribution >= 0.6 is 0 Å². The average molecular weight is 638 g/mol. The van der Waals surface area contributed by atoms with Gasteiger partial charge in [-0.1, -0.05) is 74.5 Å². The second-order valence-electron chi connectivity index (χ2n) is 11.9. The molecule has 3 aromatic carbocycles. The first-order valence-electron chi connectivity index (χ1n) is 16.2. The number of hydrogen-bond donors (Lipinski definition) is 2. The summed E-state index contributed by atoms with van der Waals surface area (Å²) in [5.41, 5.74) is 4.91. The van der Waals surface area contributed by atoms with Crippen molar-refractivity contribution in [2.75, 3.05) is 43.4 Å². The quantitative estimate of drug-likeness (QED) is 0.171. The van der Waals surface area contributed by atoms with Crippen LogP contribution in [-0.2, 0) is 18.0 Å². The predicted molar refractivity (Wildman–Crippen MR) is 189 cm³/mol. The van der Waals surface area contributed by atoms with Crippen molar-refractivity contribution in [2.45, 2.75) is 53.4 Å². The van der Waals surface area contributed by atoms with Gasteiger partial charge in [0, 0.05) is 56.2 Å². The molecule has 1 amide bonds. The molecule has 0 bridgehead atoms. The molecule has 0 aliphatic carbocycles. The number of carbonyl (C=O) groups excluding carboxylic acids is 1. The van der Waals surface area contributed by atoms with E-state index < -0.39 is 5.60 Å². The standard InChI is InChI=1S/C36H41N5O4.C2H6/c1-36(2,3)45-35(42)41-21-19-40(20-22-41)28-15-16-29(31(23-28)38-4)33(37)30-17-18-32(43-24-26-11-7-5-8-12-26)39-34(30)44-25-27-13-9-6-10-14-27;1-2/h5-18,23,37-38H,19-22,24-25H2,1-4H3;1-2H3. The van der Waals surface area contributed by atoms with Crippen LogP contribution in [0.4, 0.5) is 16.2 Å². The number of ether oxygens (including phenoxy) is 3. The fourth-order valence-corrected chi connectivity index (χ4v) is 5.03. The fraction of sp³-hybridized carbons (Fsp3) is 0.342. The minimum atomic E-state index is -0.520. The zero-order valence-corrected chi connectivity index (χ0v) is 28.4. The first-order chi connectivity index (χ1) is 22.7. The zero-order chi connectivity index (χ0) is 33.8. The van der Waals surface area contributed by atoms with Gasteiger partial charge < -0.3 is 29.3 Å². The third-order valence-corrected chi connectivity index (χ3v) is 7.39. The molecule has 5 rings (SSSR count). The molecule has 4 aromatic rings. The van der Waals surface area contributed by atoms with Gasteiger partial charge in [0.2, 0.25) is 11.8 Å². The Hall–Kier alpha value is -5.05. The number of pyridine rings is 1. The summed E-state index contributed by atoms with van der Waals surface area (Å²) in [5, 5.41) is 12.5. The highest BCUT2D eigenvalue weighted by Gasteiger charge is 2.26. The third-order valence-electron chi connectivity index (χ3n) is 7.39. The Balaban J connectivity index is 0.00000245. The van der Waals surface area contributed by atoms with Gasteiger partial charge in [-0.15, -0.1) is 0 Å². The summed E-state index contributed by atoms with van der Waals surface area (Å²) in [4.78, 5) is 21.2. The number of anilines is 2. The van der Waals surface area contributed by atoms with Gasteiger partial charge >= 0.3 is 6.09 Å². The molecule has 2 heterocycles. The van der Waals surface area contributed by atoms with E-state index in [2.05, 4.69) is 15.2 Å². The summed E-state index contributed by atoms with van der Waals surface area (Å²) in [7, 11) is 1.85. The van der Waals surface area contributed by atoms with E-state index in [1.54, 1.807) is 11.0 Å². The van der Waals surface area contributed by atoms with Gasteiger partial charge in [-0.3, -0.25) is 5.41 Å². The van der Waals surface area contributed by atoms with Gasteiger partial charge in [0.15, 0.2) is 0 Å². The molecule has 1 aliphatic heterocycles. The van der Waals surface area contributed by atoms with Crippen molar-refractivity contribution in [3.8, 4) is 11.8 Å². The number of hydrogen-bond acceptors (Lipinski definition) is 8. The molecule has 9 nitrogen and oxygen atoms in total. The molecule has 0 spiro atoms. The van der Waals surface area contributed by atoms with Gasteiger partial charge in [-0.25, -0.2) is 4.79 Å². The summed E-state index contributed by atoms with van der Waals surface area (Å²) in [6.45, 7) is 12.8. The van der Waals surface area contributed by atoms with Gasteiger partial charge in [0.1, 0.15) is 18.8 Å². The maximum absolute atomic E-state index is 12.5. The highest BCUT2D eigenvalue weighted by molar-refractivity contribution is 6.15. The van der Waals surface area contributed by atoms with E-state index in [0.29, 0.717) is 56.7 Å². The largest absolute Gasteiger partial charge is 0.473 e. The van der Waals surface area contributed by atoms with E-state index in [9.17, 15) is 10.2 Å². The van der Waals surface area contributed by atoms with Crippen LogP contribution < -0.4 is 19.7 Å². The Labute approximate surface area is 279 Å². The number of nitrogens with one attached hydrogen (secondary N) is 2. The molecule has 0 radical (unpaired) electrons. The molecule has 47 heavy (non-hydrogen) atoms. The van der Waals surface area contributed by atoms with Crippen LogP contribution in [0.2, 0.25) is 0 Å². The number of nitrogens with zero attached hydrogens (tertiary/aromatic N) is 3.